The van der Waals surface area contributed by atoms with Crippen LogP contribution in [-0.4, -0.2) is 26.8 Å². The molecule has 20 heavy (non-hydrogen) atoms. The topological polar surface area (TPSA) is 42.7 Å². The third kappa shape index (κ3) is 3.19. The number of hydrogen-bond donors (Lipinski definition) is 1. The predicted molar refractivity (Wildman–Crippen MR) is 79.8 cm³/mol. The Bertz CT molecular complexity index is 532. The molecule has 0 bridgehead atoms. The molecule has 1 atom stereocenters. The summed E-state index contributed by atoms with van der Waals surface area (Å²) in [7, 11) is 0. The van der Waals surface area contributed by atoms with Crippen molar-refractivity contribution in [1.82, 2.24) is 20.1 Å². The maximum Gasteiger partial charge on any atom is 0.137 e. The van der Waals surface area contributed by atoms with Crippen LogP contribution in [0.3, 0.4) is 0 Å². The van der Waals surface area contributed by atoms with E-state index in [1.165, 1.54) is 18.4 Å². The molecule has 0 radical (unpaired) electrons. The van der Waals surface area contributed by atoms with Crippen molar-refractivity contribution < 1.29 is 0 Å². The smallest absolute Gasteiger partial charge is 0.137 e. The first-order valence-corrected chi connectivity index (χ1v) is 7.42. The molecule has 4 nitrogen and oxygen atoms in total. The minimum atomic E-state index is 0.410. The summed E-state index contributed by atoms with van der Waals surface area (Å²) in [5.41, 5.74) is 1.40. The molecule has 1 N–H and O–H groups in total. The monoisotopic (exact) mass is 290 g/mol. The first-order valence-electron chi connectivity index (χ1n) is 7.04. The van der Waals surface area contributed by atoms with Gasteiger partial charge in [0.05, 0.1) is 6.54 Å². The summed E-state index contributed by atoms with van der Waals surface area (Å²) < 4.78 is 1.87. The van der Waals surface area contributed by atoms with Crippen LogP contribution in [0, 0.1) is 0 Å². The first-order chi connectivity index (χ1) is 9.70. The summed E-state index contributed by atoms with van der Waals surface area (Å²) in [5, 5.41) is 8.59. The van der Waals surface area contributed by atoms with Crippen LogP contribution in [0.25, 0.3) is 0 Å². The van der Waals surface area contributed by atoms with Crippen molar-refractivity contribution in [3.05, 3.63) is 47.5 Å². The van der Waals surface area contributed by atoms with Gasteiger partial charge in [-0.25, -0.2) is 4.98 Å². The van der Waals surface area contributed by atoms with Crippen molar-refractivity contribution >= 4 is 11.6 Å². The highest BCUT2D eigenvalue weighted by molar-refractivity contribution is 6.30. The van der Waals surface area contributed by atoms with E-state index in [1.807, 2.05) is 16.8 Å². The van der Waals surface area contributed by atoms with Gasteiger partial charge in [0.15, 0.2) is 0 Å². The Morgan fingerprint density at radius 1 is 1.35 bits per heavy atom. The van der Waals surface area contributed by atoms with E-state index in [0.717, 1.165) is 11.6 Å². The molecule has 1 saturated carbocycles. The minimum Gasteiger partial charge on any atom is -0.310 e. The molecule has 1 aromatic carbocycles. The number of halogens is 1. The Kier molecular flexibility index (Phi) is 4.03. The van der Waals surface area contributed by atoms with Gasteiger partial charge in [0.1, 0.15) is 12.7 Å². The van der Waals surface area contributed by atoms with Gasteiger partial charge < -0.3 is 5.32 Å². The molecule has 0 amide bonds. The van der Waals surface area contributed by atoms with Crippen LogP contribution >= 0.6 is 11.6 Å². The Balaban J connectivity index is 1.45. The lowest BCUT2D eigenvalue weighted by Crippen LogP contribution is -2.45. The van der Waals surface area contributed by atoms with Gasteiger partial charge >= 0.3 is 0 Å². The summed E-state index contributed by atoms with van der Waals surface area (Å²) in [6.45, 7) is 3.05. The summed E-state index contributed by atoms with van der Waals surface area (Å²) in [5.74, 6) is 0.670. The van der Waals surface area contributed by atoms with Crippen molar-refractivity contribution in [3.63, 3.8) is 0 Å². The Morgan fingerprint density at radius 3 is 2.75 bits per heavy atom. The van der Waals surface area contributed by atoms with Crippen molar-refractivity contribution in [3.8, 4) is 0 Å². The van der Waals surface area contributed by atoms with E-state index in [4.69, 9.17) is 11.6 Å². The van der Waals surface area contributed by atoms with E-state index in [9.17, 15) is 0 Å². The normalized spacial score (nSPS) is 23.3. The quantitative estimate of drug-likeness (QED) is 0.921. The summed E-state index contributed by atoms with van der Waals surface area (Å²) in [6.07, 6.45) is 5.73. The third-order valence-electron chi connectivity index (χ3n) is 3.93. The number of aromatic nitrogens is 3. The lowest BCUT2D eigenvalue weighted by atomic mass is 9.75. The zero-order valence-electron chi connectivity index (χ0n) is 11.5. The Hall–Kier alpha value is -1.39. The fraction of sp³-hybridized carbons (Fsp3) is 0.467. The molecule has 1 aliphatic carbocycles. The standard InChI is InChI=1S/C15H19ClN4/c1-11(8-20-10-17-9-18-20)19-15-6-13(7-15)12-2-4-14(16)5-3-12/h2-5,9-11,13,15,19H,6-8H2,1H3. The van der Waals surface area contributed by atoms with Crippen molar-refractivity contribution in [2.75, 3.05) is 0 Å². The van der Waals surface area contributed by atoms with Crippen molar-refractivity contribution in [2.45, 2.75) is 44.3 Å². The fourth-order valence-corrected chi connectivity index (χ4v) is 2.95. The van der Waals surface area contributed by atoms with Crippen molar-refractivity contribution in [1.29, 1.82) is 0 Å². The maximum absolute atomic E-state index is 5.92. The highest BCUT2D eigenvalue weighted by Crippen LogP contribution is 2.37. The van der Waals surface area contributed by atoms with Crippen LogP contribution in [0.5, 0.6) is 0 Å². The molecular formula is C15H19ClN4. The molecule has 2 aromatic rings. The largest absolute Gasteiger partial charge is 0.310 e. The van der Waals surface area contributed by atoms with E-state index in [1.54, 1.807) is 12.7 Å². The fourth-order valence-electron chi connectivity index (χ4n) is 2.82. The van der Waals surface area contributed by atoms with Gasteiger partial charge in [-0.1, -0.05) is 23.7 Å². The van der Waals surface area contributed by atoms with Gasteiger partial charge in [0, 0.05) is 17.1 Å². The molecule has 1 unspecified atom stereocenters. The average Bonchev–Trinajstić information content (AvgIpc) is 2.87. The van der Waals surface area contributed by atoms with E-state index >= 15 is 0 Å². The number of hydrogen-bond acceptors (Lipinski definition) is 3. The molecule has 5 heteroatoms. The molecule has 1 fully saturated rings. The molecule has 106 valence electrons. The van der Waals surface area contributed by atoms with Gasteiger partial charge in [-0.15, -0.1) is 0 Å². The molecule has 3 rings (SSSR count). The first kappa shape index (κ1) is 13.6. The van der Waals surface area contributed by atoms with Gasteiger partial charge in [-0.2, -0.15) is 5.10 Å². The summed E-state index contributed by atoms with van der Waals surface area (Å²) in [6, 6.07) is 9.25. The number of nitrogens with zero attached hydrogens (tertiary/aromatic N) is 3. The van der Waals surface area contributed by atoms with Crippen LogP contribution in [-0.2, 0) is 6.54 Å². The molecule has 0 aliphatic heterocycles. The lowest BCUT2D eigenvalue weighted by molar-refractivity contribution is 0.258. The van der Waals surface area contributed by atoms with E-state index in [0.29, 0.717) is 18.0 Å². The minimum absolute atomic E-state index is 0.410. The second kappa shape index (κ2) is 5.94. The highest BCUT2D eigenvalue weighted by atomic mass is 35.5. The Labute approximate surface area is 124 Å². The van der Waals surface area contributed by atoms with Crippen molar-refractivity contribution in [2.24, 2.45) is 0 Å². The van der Waals surface area contributed by atoms with Crippen LogP contribution < -0.4 is 5.32 Å². The molecule has 1 heterocycles. The number of rotatable bonds is 5. The second-order valence-corrected chi connectivity index (χ2v) is 6.04. The van der Waals surface area contributed by atoms with Crippen LogP contribution in [0.1, 0.15) is 31.2 Å². The lowest BCUT2D eigenvalue weighted by Gasteiger charge is -2.38. The van der Waals surface area contributed by atoms with E-state index in [-0.39, 0.29) is 0 Å². The van der Waals surface area contributed by atoms with E-state index < -0.39 is 0 Å². The van der Waals surface area contributed by atoms with Gasteiger partial charge in [-0.05, 0) is 43.4 Å². The van der Waals surface area contributed by atoms with Crippen LogP contribution in [0.4, 0.5) is 0 Å². The SMILES string of the molecule is CC(Cn1cncn1)NC1CC(c2ccc(Cl)cc2)C1. The van der Waals surface area contributed by atoms with Crippen LogP contribution in [0.2, 0.25) is 5.02 Å². The maximum atomic E-state index is 5.92. The van der Waals surface area contributed by atoms with Crippen LogP contribution in [0.15, 0.2) is 36.9 Å². The van der Waals surface area contributed by atoms with Gasteiger partial charge in [-0.3, -0.25) is 4.68 Å². The van der Waals surface area contributed by atoms with Gasteiger partial charge in [0.2, 0.25) is 0 Å². The molecule has 0 saturated heterocycles. The highest BCUT2D eigenvalue weighted by Gasteiger charge is 2.30. The number of benzene rings is 1. The number of nitrogens with one attached hydrogen (secondary N) is 1. The average molecular weight is 291 g/mol. The summed E-state index contributed by atoms with van der Waals surface area (Å²) >= 11 is 5.92. The zero-order valence-corrected chi connectivity index (χ0v) is 12.3. The van der Waals surface area contributed by atoms with Gasteiger partial charge in [0.25, 0.3) is 0 Å². The Morgan fingerprint density at radius 2 is 2.10 bits per heavy atom. The van der Waals surface area contributed by atoms with E-state index in [2.05, 4.69) is 34.5 Å². The third-order valence-corrected chi connectivity index (χ3v) is 4.18. The molecule has 0 spiro atoms. The molecular weight excluding hydrogens is 272 g/mol. The second-order valence-electron chi connectivity index (χ2n) is 5.60. The molecule has 1 aliphatic rings. The zero-order chi connectivity index (χ0) is 13.9. The molecule has 1 aromatic heterocycles. The summed E-state index contributed by atoms with van der Waals surface area (Å²) in [4.78, 5) is 3.96. The predicted octanol–water partition coefficient (Wildman–Crippen LogP) is 2.86.